The van der Waals surface area contributed by atoms with Gasteiger partial charge >= 0.3 is 0 Å². The number of unbranched alkanes of at least 4 members (excludes halogenated alkanes) is 5. The second-order valence-electron chi connectivity index (χ2n) is 6.07. The predicted octanol–water partition coefficient (Wildman–Crippen LogP) is 5.81. The number of benzene rings is 1. The zero-order valence-corrected chi connectivity index (χ0v) is 14.4. The molecule has 0 fully saturated rings. The first-order valence-electron chi connectivity index (χ1n) is 8.97. The number of Topliss-reactive ketones (excluding diaryl/α,β-unsaturated/α-hetero) is 1. The van der Waals surface area contributed by atoms with Gasteiger partial charge in [0.2, 0.25) is 0 Å². The Morgan fingerprint density at radius 3 is 2.27 bits per heavy atom. The summed E-state index contributed by atoms with van der Waals surface area (Å²) in [6.07, 6.45) is 11.3. The van der Waals surface area contributed by atoms with Crippen LogP contribution >= 0.6 is 0 Å². The van der Waals surface area contributed by atoms with E-state index in [0.717, 1.165) is 24.8 Å². The fourth-order valence-corrected chi connectivity index (χ4v) is 2.69. The summed E-state index contributed by atoms with van der Waals surface area (Å²) in [6.45, 7) is 4.63. The van der Waals surface area contributed by atoms with E-state index in [-0.39, 0.29) is 18.5 Å². The molecule has 0 bridgehead atoms. The van der Waals surface area contributed by atoms with Crippen molar-refractivity contribution in [2.45, 2.75) is 77.7 Å². The van der Waals surface area contributed by atoms with Gasteiger partial charge in [-0.15, -0.1) is 0 Å². The molecule has 0 saturated carbocycles. The fourth-order valence-electron chi connectivity index (χ4n) is 2.69. The molecular formula is C20H32O2. The van der Waals surface area contributed by atoms with Crippen LogP contribution in [0.1, 0.15) is 82.0 Å². The van der Waals surface area contributed by atoms with Crippen LogP contribution in [0, 0.1) is 0 Å². The molecule has 0 amide bonds. The largest absolute Gasteiger partial charge is 0.370 e. The molecule has 0 aliphatic carbocycles. The minimum atomic E-state index is 0.0876. The van der Waals surface area contributed by atoms with Crippen molar-refractivity contribution in [3.63, 3.8) is 0 Å². The smallest absolute Gasteiger partial charge is 0.188 e. The van der Waals surface area contributed by atoms with Crippen LogP contribution in [0.15, 0.2) is 30.3 Å². The first kappa shape index (κ1) is 18.9. The molecule has 0 saturated heterocycles. The van der Waals surface area contributed by atoms with Gasteiger partial charge in [-0.25, -0.2) is 0 Å². The summed E-state index contributed by atoms with van der Waals surface area (Å²) in [7, 11) is 0. The maximum absolute atomic E-state index is 12.1. The van der Waals surface area contributed by atoms with Crippen molar-refractivity contribution in [1.82, 2.24) is 0 Å². The van der Waals surface area contributed by atoms with Crippen molar-refractivity contribution in [1.29, 1.82) is 0 Å². The lowest BCUT2D eigenvalue weighted by atomic mass is 10.0. The Kier molecular flexibility index (Phi) is 10.7. The molecule has 22 heavy (non-hydrogen) atoms. The van der Waals surface area contributed by atoms with Gasteiger partial charge in [0.1, 0.15) is 6.61 Å². The SMILES string of the molecule is CCCCCCCCC(CCC)OCC(=O)c1ccccc1. The third-order valence-corrected chi connectivity index (χ3v) is 4.04. The zero-order valence-electron chi connectivity index (χ0n) is 14.4. The second kappa shape index (κ2) is 12.4. The van der Waals surface area contributed by atoms with Crippen LogP contribution in [0.4, 0.5) is 0 Å². The highest BCUT2D eigenvalue weighted by Crippen LogP contribution is 2.14. The van der Waals surface area contributed by atoms with E-state index in [1.807, 2.05) is 30.3 Å². The molecular weight excluding hydrogens is 272 g/mol. The average Bonchev–Trinajstić information content (AvgIpc) is 2.56. The molecule has 2 nitrogen and oxygen atoms in total. The molecule has 0 N–H and O–H groups in total. The number of hydrogen-bond acceptors (Lipinski definition) is 2. The van der Waals surface area contributed by atoms with Crippen LogP contribution in [0.2, 0.25) is 0 Å². The highest BCUT2D eigenvalue weighted by molar-refractivity contribution is 5.96. The topological polar surface area (TPSA) is 26.3 Å². The van der Waals surface area contributed by atoms with Crippen LogP contribution < -0.4 is 0 Å². The summed E-state index contributed by atoms with van der Waals surface area (Å²) in [5.41, 5.74) is 0.748. The van der Waals surface area contributed by atoms with Gasteiger partial charge in [0, 0.05) is 5.56 Å². The number of carbonyl (C=O) groups excluding carboxylic acids is 1. The lowest BCUT2D eigenvalue weighted by Crippen LogP contribution is -2.18. The minimum Gasteiger partial charge on any atom is -0.370 e. The third kappa shape index (κ3) is 8.33. The number of ether oxygens (including phenoxy) is 1. The summed E-state index contributed by atoms with van der Waals surface area (Å²) < 4.78 is 5.88. The summed E-state index contributed by atoms with van der Waals surface area (Å²) >= 11 is 0. The molecule has 1 rings (SSSR count). The van der Waals surface area contributed by atoms with Crippen molar-refractivity contribution in [2.75, 3.05) is 6.61 Å². The summed E-state index contributed by atoms with van der Waals surface area (Å²) in [4.78, 5) is 12.1. The molecule has 2 heteroatoms. The minimum absolute atomic E-state index is 0.0876. The Bertz CT molecular complexity index is 386. The molecule has 1 unspecified atom stereocenters. The van der Waals surface area contributed by atoms with Gasteiger partial charge in [0.25, 0.3) is 0 Å². The maximum atomic E-state index is 12.1. The summed E-state index contributed by atoms with van der Waals surface area (Å²) in [5, 5.41) is 0. The maximum Gasteiger partial charge on any atom is 0.188 e. The Morgan fingerprint density at radius 1 is 0.909 bits per heavy atom. The lowest BCUT2D eigenvalue weighted by Gasteiger charge is -2.17. The van der Waals surface area contributed by atoms with E-state index in [9.17, 15) is 4.79 Å². The molecule has 1 atom stereocenters. The Hall–Kier alpha value is -1.15. The van der Waals surface area contributed by atoms with Crippen molar-refractivity contribution < 1.29 is 9.53 Å². The highest BCUT2D eigenvalue weighted by atomic mass is 16.5. The molecule has 0 aliphatic rings. The molecule has 0 radical (unpaired) electrons. The monoisotopic (exact) mass is 304 g/mol. The fraction of sp³-hybridized carbons (Fsp3) is 0.650. The Balaban J connectivity index is 2.24. The summed E-state index contributed by atoms with van der Waals surface area (Å²) in [6, 6.07) is 9.43. The van der Waals surface area contributed by atoms with Gasteiger partial charge in [-0.2, -0.15) is 0 Å². The normalized spacial score (nSPS) is 12.3. The Morgan fingerprint density at radius 2 is 1.59 bits per heavy atom. The van der Waals surface area contributed by atoms with E-state index < -0.39 is 0 Å². The molecule has 1 aromatic rings. The van der Waals surface area contributed by atoms with Crippen molar-refractivity contribution >= 4 is 5.78 Å². The van der Waals surface area contributed by atoms with E-state index in [1.54, 1.807) is 0 Å². The number of rotatable bonds is 13. The average molecular weight is 304 g/mol. The summed E-state index contributed by atoms with van der Waals surface area (Å²) in [5.74, 6) is 0.0876. The van der Waals surface area contributed by atoms with Gasteiger partial charge < -0.3 is 4.74 Å². The zero-order chi connectivity index (χ0) is 16.0. The first-order chi connectivity index (χ1) is 10.8. The van der Waals surface area contributed by atoms with Crippen LogP contribution in [-0.2, 0) is 4.74 Å². The third-order valence-electron chi connectivity index (χ3n) is 4.04. The van der Waals surface area contributed by atoms with Crippen molar-refractivity contribution in [2.24, 2.45) is 0 Å². The standard InChI is InChI=1S/C20H32O2/c1-3-5-6-7-8-12-16-19(13-4-2)22-17-20(21)18-14-10-9-11-15-18/h9-11,14-15,19H,3-8,12-13,16-17H2,1-2H3. The predicted molar refractivity (Wildman–Crippen MR) is 93.4 cm³/mol. The number of hydrogen-bond donors (Lipinski definition) is 0. The van der Waals surface area contributed by atoms with Crippen LogP contribution in [0.25, 0.3) is 0 Å². The van der Waals surface area contributed by atoms with Crippen molar-refractivity contribution in [3.05, 3.63) is 35.9 Å². The molecule has 0 aromatic heterocycles. The van der Waals surface area contributed by atoms with E-state index in [1.165, 1.54) is 38.5 Å². The van der Waals surface area contributed by atoms with E-state index >= 15 is 0 Å². The van der Waals surface area contributed by atoms with E-state index in [2.05, 4.69) is 13.8 Å². The van der Waals surface area contributed by atoms with Gasteiger partial charge in [-0.05, 0) is 12.8 Å². The lowest BCUT2D eigenvalue weighted by molar-refractivity contribution is 0.0363. The van der Waals surface area contributed by atoms with Crippen LogP contribution in [0.3, 0.4) is 0 Å². The van der Waals surface area contributed by atoms with Gasteiger partial charge in [0.15, 0.2) is 5.78 Å². The molecule has 124 valence electrons. The number of carbonyl (C=O) groups is 1. The van der Waals surface area contributed by atoms with Crippen LogP contribution in [-0.4, -0.2) is 18.5 Å². The van der Waals surface area contributed by atoms with E-state index in [0.29, 0.717) is 0 Å². The Labute approximate surface area is 136 Å². The highest BCUT2D eigenvalue weighted by Gasteiger charge is 2.12. The van der Waals surface area contributed by atoms with Gasteiger partial charge in [-0.3, -0.25) is 4.79 Å². The quantitative estimate of drug-likeness (QED) is 0.340. The van der Waals surface area contributed by atoms with Gasteiger partial charge in [-0.1, -0.05) is 89.1 Å². The first-order valence-corrected chi connectivity index (χ1v) is 8.97. The molecule has 1 aromatic carbocycles. The second-order valence-corrected chi connectivity index (χ2v) is 6.07. The number of ketones is 1. The molecule has 0 aliphatic heterocycles. The van der Waals surface area contributed by atoms with Crippen LogP contribution in [0.5, 0.6) is 0 Å². The molecule has 0 spiro atoms. The van der Waals surface area contributed by atoms with Gasteiger partial charge in [0.05, 0.1) is 6.10 Å². The van der Waals surface area contributed by atoms with Crippen molar-refractivity contribution in [3.8, 4) is 0 Å². The van der Waals surface area contributed by atoms with E-state index in [4.69, 9.17) is 4.74 Å². The molecule has 0 heterocycles.